The van der Waals surface area contributed by atoms with Gasteiger partial charge in [0.05, 0.1) is 6.20 Å². The molecule has 0 radical (unpaired) electrons. The van der Waals surface area contributed by atoms with Crippen LogP contribution in [0.1, 0.15) is 25.3 Å². The number of hydrogen-bond acceptors (Lipinski definition) is 5. The molecule has 1 N–H and O–H groups in total. The Bertz CT molecular complexity index is 573. The molecule has 1 heterocycles. The maximum Gasteiger partial charge on any atom is 0.244 e. The summed E-state index contributed by atoms with van der Waals surface area (Å²) in [5.41, 5.74) is 1.07. The van der Waals surface area contributed by atoms with Crippen LogP contribution >= 0.6 is 0 Å². The first kappa shape index (κ1) is 16.1. The summed E-state index contributed by atoms with van der Waals surface area (Å²) in [7, 11) is 2.00. The lowest BCUT2D eigenvalue weighted by Crippen LogP contribution is -2.21. The third-order valence-electron chi connectivity index (χ3n) is 3.39. The van der Waals surface area contributed by atoms with Crippen molar-refractivity contribution in [2.45, 2.75) is 26.2 Å². The van der Waals surface area contributed by atoms with Crippen molar-refractivity contribution in [3.05, 3.63) is 41.8 Å². The third-order valence-corrected chi connectivity index (χ3v) is 3.39. The second kappa shape index (κ2) is 8.26. The van der Waals surface area contributed by atoms with Crippen LogP contribution in [0.3, 0.4) is 0 Å². The summed E-state index contributed by atoms with van der Waals surface area (Å²) >= 11 is 0. The molecule has 0 fully saturated rings. The first-order valence-corrected chi connectivity index (χ1v) is 7.58. The van der Waals surface area contributed by atoms with E-state index >= 15 is 0 Å². The molecule has 5 nitrogen and oxygen atoms in total. The topological polar surface area (TPSA) is 53.9 Å². The third kappa shape index (κ3) is 4.95. The molecule has 2 aromatic rings. The fourth-order valence-electron chi connectivity index (χ4n) is 2.03. The van der Waals surface area contributed by atoms with Gasteiger partial charge in [-0.2, -0.15) is 10.1 Å². The van der Waals surface area contributed by atoms with Gasteiger partial charge >= 0.3 is 0 Å². The molecule has 2 rings (SSSR count). The minimum Gasteiger partial charge on any atom is -0.358 e. The number of nitrogens with zero attached hydrogens (tertiary/aromatic N) is 4. The Hall–Kier alpha value is -2.24. The highest BCUT2D eigenvalue weighted by Crippen LogP contribution is 2.10. The van der Waals surface area contributed by atoms with Crippen molar-refractivity contribution in [2.24, 2.45) is 0 Å². The van der Waals surface area contributed by atoms with E-state index in [9.17, 15) is 4.39 Å². The van der Waals surface area contributed by atoms with Crippen molar-refractivity contribution in [1.82, 2.24) is 15.2 Å². The predicted molar refractivity (Wildman–Crippen MR) is 86.6 cm³/mol. The molecule has 6 heteroatoms. The number of anilines is 2. The molecule has 0 aliphatic heterocycles. The molecular formula is C16H22FN5. The second-order valence-corrected chi connectivity index (χ2v) is 5.22. The fourth-order valence-corrected chi connectivity index (χ4v) is 2.03. The molecule has 0 aliphatic rings. The normalized spacial score (nSPS) is 10.5. The van der Waals surface area contributed by atoms with Crippen molar-refractivity contribution in [3.8, 4) is 0 Å². The van der Waals surface area contributed by atoms with Crippen LogP contribution < -0.4 is 10.2 Å². The highest BCUT2D eigenvalue weighted by molar-refractivity contribution is 5.39. The molecular weight excluding hydrogens is 281 g/mol. The molecule has 22 heavy (non-hydrogen) atoms. The molecule has 118 valence electrons. The molecule has 0 saturated carbocycles. The van der Waals surface area contributed by atoms with Crippen molar-refractivity contribution in [2.75, 3.05) is 30.4 Å². The van der Waals surface area contributed by atoms with Gasteiger partial charge in [0.25, 0.3) is 0 Å². The predicted octanol–water partition coefficient (Wildman–Crippen LogP) is 2.90. The number of aromatic nitrogens is 3. The second-order valence-electron chi connectivity index (χ2n) is 5.22. The van der Waals surface area contributed by atoms with E-state index in [2.05, 4.69) is 32.3 Å². The Morgan fingerprint density at radius 3 is 2.73 bits per heavy atom. The average Bonchev–Trinajstić information content (AvgIpc) is 2.55. The van der Waals surface area contributed by atoms with Gasteiger partial charge in [0.1, 0.15) is 5.82 Å². The van der Waals surface area contributed by atoms with Crippen molar-refractivity contribution in [1.29, 1.82) is 0 Å². The van der Waals surface area contributed by atoms with Gasteiger partial charge in [0, 0.05) is 20.1 Å². The van der Waals surface area contributed by atoms with E-state index in [4.69, 9.17) is 0 Å². The zero-order valence-electron chi connectivity index (χ0n) is 13.1. The van der Waals surface area contributed by atoms with E-state index in [1.54, 1.807) is 18.3 Å². The smallest absolute Gasteiger partial charge is 0.244 e. The van der Waals surface area contributed by atoms with Crippen LogP contribution in [0.5, 0.6) is 0 Å². The Kier molecular flexibility index (Phi) is 6.06. The summed E-state index contributed by atoms with van der Waals surface area (Å²) < 4.78 is 12.8. The number of unbranched alkanes of at least 4 members (excludes halogenated alkanes) is 1. The fraction of sp³-hybridized carbons (Fsp3) is 0.438. The number of benzene rings is 1. The van der Waals surface area contributed by atoms with Gasteiger partial charge < -0.3 is 10.2 Å². The highest BCUT2D eigenvalue weighted by Gasteiger charge is 2.05. The van der Waals surface area contributed by atoms with Crippen LogP contribution in [0.15, 0.2) is 30.5 Å². The number of nitrogens with one attached hydrogen (secondary N) is 1. The Morgan fingerprint density at radius 1 is 1.23 bits per heavy atom. The van der Waals surface area contributed by atoms with Crippen LogP contribution in [-0.4, -0.2) is 35.3 Å². The van der Waals surface area contributed by atoms with E-state index in [0.29, 0.717) is 12.5 Å². The van der Waals surface area contributed by atoms with Crippen molar-refractivity contribution < 1.29 is 4.39 Å². The lowest BCUT2D eigenvalue weighted by atomic mass is 10.1. The van der Waals surface area contributed by atoms with Gasteiger partial charge in [-0.1, -0.05) is 25.5 Å². The van der Waals surface area contributed by atoms with E-state index in [1.165, 1.54) is 12.1 Å². The quantitative estimate of drug-likeness (QED) is 0.812. The zero-order chi connectivity index (χ0) is 15.8. The lowest BCUT2D eigenvalue weighted by Gasteiger charge is -2.17. The molecule has 0 saturated heterocycles. The molecule has 0 unspecified atom stereocenters. The molecule has 0 bridgehead atoms. The summed E-state index contributed by atoms with van der Waals surface area (Å²) in [5, 5.41) is 11.1. The van der Waals surface area contributed by atoms with Crippen molar-refractivity contribution >= 4 is 11.8 Å². The monoisotopic (exact) mass is 303 g/mol. The summed E-state index contributed by atoms with van der Waals surface area (Å²) in [5.74, 6) is 1.11. The molecule has 1 aromatic heterocycles. The van der Waals surface area contributed by atoms with Crippen LogP contribution in [0.25, 0.3) is 0 Å². The van der Waals surface area contributed by atoms with Crippen LogP contribution in [0, 0.1) is 5.82 Å². The van der Waals surface area contributed by atoms with Gasteiger partial charge in [0.15, 0.2) is 5.82 Å². The minimum atomic E-state index is -0.216. The molecule has 0 amide bonds. The summed E-state index contributed by atoms with van der Waals surface area (Å²) in [4.78, 5) is 6.52. The van der Waals surface area contributed by atoms with Gasteiger partial charge in [-0.05, 0) is 30.5 Å². The van der Waals surface area contributed by atoms with Gasteiger partial charge in [0.2, 0.25) is 5.95 Å². The van der Waals surface area contributed by atoms with E-state index in [-0.39, 0.29) is 5.82 Å². The molecule has 0 spiro atoms. The van der Waals surface area contributed by atoms with Gasteiger partial charge in [-0.3, -0.25) is 0 Å². The first-order chi connectivity index (χ1) is 10.7. The van der Waals surface area contributed by atoms with E-state index in [1.807, 2.05) is 7.05 Å². The van der Waals surface area contributed by atoms with Crippen LogP contribution in [0.4, 0.5) is 16.2 Å². The largest absolute Gasteiger partial charge is 0.358 e. The molecule has 0 atom stereocenters. The Labute approximate surface area is 130 Å². The van der Waals surface area contributed by atoms with E-state index in [0.717, 1.165) is 37.2 Å². The average molecular weight is 303 g/mol. The zero-order valence-corrected chi connectivity index (χ0v) is 13.1. The Balaban J connectivity index is 1.86. The highest BCUT2D eigenvalue weighted by atomic mass is 19.1. The maximum absolute atomic E-state index is 12.8. The van der Waals surface area contributed by atoms with Crippen LogP contribution in [0.2, 0.25) is 0 Å². The summed E-state index contributed by atoms with van der Waals surface area (Å²) in [6.07, 6.45) is 4.71. The Morgan fingerprint density at radius 2 is 2.00 bits per heavy atom. The first-order valence-electron chi connectivity index (χ1n) is 7.58. The lowest BCUT2D eigenvalue weighted by molar-refractivity contribution is 0.627. The van der Waals surface area contributed by atoms with Crippen molar-refractivity contribution in [3.63, 3.8) is 0 Å². The van der Waals surface area contributed by atoms with E-state index < -0.39 is 0 Å². The van der Waals surface area contributed by atoms with Crippen LogP contribution in [-0.2, 0) is 6.42 Å². The number of rotatable bonds is 8. The van der Waals surface area contributed by atoms with Gasteiger partial charge in [-0.25, -0.2) is 4.39 Å². The minimum absolute atomic E-state index is 0.216. The maximum atomic E-state index is 12.8. The SMILES string of the molecule is CCCCN(C)c1cnnc(NCCc2ccc(F)cc2)n1. The molecule has 1 aromatic carbocycles. The summed E-state index contributed by atoms with van der Waals surface area (Å²) in [6.45, 7) is 3.79. The summed E-state index contributed by atoms with van der Waals surface area (Å²) in [6, 6.07) is 6.50. The standard InChI is InChI=1S/C16H22FN5/c1-3-4-11-22(2)15-12-19-21-16(20-15)18-10-9-13-5-7-14(17)8-6-13/h5-8,12H,3-4,9-11H2,1-2H3,(H,18,20,21). The number of halogens is 1. The van der Waals surface area contributed by atoms with Gasteiger partial charge in [-0.15, -0.1) is 5.10 Å². The number of hydrogen-bond donors (Lipinski definition) is 1. The molecule has 0 aliphatic carbocycles.